The molecular formula is C16H16N2O3. The Kier molecular flexibility index (Phi) is 4.33. The van der Waals surface area contributed by atoms with Crippen molar-refractivity contribution in [2.24, 2.45) is 0 Å². The molecule has 0 spiro atoms. The average molecular weight is 284 g/mol. The Morgan fingerprint density at radius 2 is 1.95 bits per heavy atom. The molecule has 0 N–H and O–H groups in total. The number of anilines is 2. The first-order chi connectivity index (χ1) is 10.1. The van der Waals surface area contributed by atoms with Gasteiger partial charge in [0.25, 0.3) is 5.69 Å². The highest BCUT2D eigenvalue weighted by Crippen LogP contribution is 2.30. The number of carbonyl (C=O) groups is 1. The molecule has 0 amide bonds. The van der Waals surface area contributed by atoms with Gasteiger partial charge in [-0.3, -0.25) is 14.9 Å². The first-order valence-electron chi connectivity index (χ1n) is 6.65. The van der Waals surface area contributed by atoms with E-state index < -0.39 is 4.92 Å². The average Bonchev–Trinajstić information content (AvgIpc) is 2.49. The summed E-state index contributed by atoms with van der Waals surface area (Å²) in [6.07, 6.45) is 0.521. The summed E-state index contributed by atoms with van der Waals surface area (Å²) in [4.78, 5) is 23.4. The lowest BCUT2D eigenvalue weighted by atomic mass is 10.1. The number of rotatable bonds is 5. The van der Waals surface area contributed by atoms with Crippen molar-refractivity contribution in [3.05, 3.63) is 63.7 Å². The van der Waals surface area contributed by atoms with Crippen LogP contribution >= 0.6 is 0 Å². The smallest absolute Gasteiger partial charge is 0.280 e. The fourth-order valence-electron chi connectivity index (χ4n) is 2.33. The number of nitro benzene ring substituents is 1. The Labute approximate surface area is 123 Å². The molecule has 0 aliphatic carbocycles. The molecule has 0 bridgehead atoms. The van der Waals surface area contributed by atoms with E-state index in [4.69, 9.17) is 0 Å². The van der Waals surface area contributed by atoms with E-state index in [0.29, 0.717) is 12.8 Å². The molecule has 108 valence electrons. The standard InChI is InChI=1S/C16H16N2O3/c1-3-17(15-7-5-4-6-12(15)2)14-8-9-16(18(20)21)13(10-14)11-19/h4-11H,3H2,1-2H3. The molecule has 0 unspecified atom stereocenters. The van der Waals surface area contributed by atoms with Gasteiger partial charge in [-0.15, -0.1) is 0 Å². The molecule has 0 saturated heterocycles. The normalized spacial score (nSPS) is 10.2. The number of nitrogens with zero attached hydrogens (tertiary/aromatic N) is 2. The minimum Gasteiger partial charge on any atom is -0.342 e. The molecule has 0 saturated carbocycles. The first-order valence-corrected chi connectivity index (χ1v) is 6.65. The summed E-state index contributed by atoms with van der Waals surface area (Å²) in [5, 5.41) is 10.9. The minimum absolute atomic E-state index is 0.0875. The van der Waals surface area contributed by atoms with Gasteiger partial charge in [0, 0.05) is 24.0 Å². The van der Waals surface area contributed by atoms with Gasteiger partial charge in [-0.05, 0) is 37.6 Å². The zero-order chi connectivity index (χ0) is 15.4. The number of carbonyl (C=O) groups excluding carboxylic acids is 1. The van der Waals surface area contributed by atoms with E-state index in [-0.39, 0.29) is 11.3 Å². The van der Waals surface area contributed by atoms with E-state index in [2.05, 4.69) is 0 Å². The van der Waals surface area contributed by atoms with Gasteiger partial charge in [-0.1, -0.05) is 18.2 Å². The van der Waals surface area contributed by atoms with Gasteiger partial charge in [0.15, 0.2) is 6.29 Å². The predicted octanol–water partition coefficient (Wildman–Crippen LogP) is 3.87. The number of benzene rings is 2. The third-order valence-corrected chi connectivity index (χ3v) is 3.37. The predicted molar refractivity (Wildman–Crippen MR) is 82.3 cm³/mol. The monoisotopic (exact) mass is 284 g/mol. The minimum atomic E-state index is -0.544. The zero-order valence-electron chi connectivity index (χ0n) is 11.9. The Balaban J connectivity index is 2.51. The van der Waals surface area contributed by atoms with Crippen molar-refractivity contribution in [3.63, 3.8) is 0 Å². The molecule has 0 aliphatic heterocycles. The molecule has 2 aromatic rings. The van der Waals surface area contributed by atoms with E-state index in [1.165, 1.54) is 6.07 Å². The van der Waals surface area contributed by atoms with E-state index in [1.807, 2.05) is 43.0 Å². The molecule has 21 heavy (non-hydrogen) atoms. The van der Waals surface area contributed by atoms with Gasteiger partial charge < -0.3 is 4.90 Å². The van der Waals surface area contributed by atoms with Crippen LogP contribution in [0.4, 0.5) is 17.1 Å². The van der Waals surface area contributed by atoms with Crippen LogP contribution in [0, 0.1) is 17.0 Å². The Bertz CT molecular complexity index is 683. The van der Waals surface area contributed by atoms with Crippen molar-refractivity contribution in [2.75, 3.05) is 11.4 Å². The second-order valence-electron chi connectivity index (χ2n) is 4.65. The number of aldehydes is 1. The number of hydrogen-bond donors (Lipinski definition) is 0. The maximum atomic E-state index is 11.1. The van der Waals surface area contributed by atoms with Crippen LogP contribution in [0.5, 0.6) is 0 Å². The molecule has 0 atom stereocenters. The zero-order valence-corrected chi connectivity index (χ0v) is 11.9. The van der Waals surface area contributed by atoms with Crippen molar-refractivity contribution >= 4 is 23.3 Å². The van der Waals surface area contributed by atoms with Gasteiger partial charge in [-0.2, -0.15) is 0 Å². The van der Waals surface area contributed by atoms with Crippen molar-refractivity contribution in [1.82, 2.24) is 0 Å². The highest BCUT2D eigenvalue weighted by Gasteiger charge is 2.17. The second kappa shape index (κ2) is 6.17. The van der Waals surface area contributed by atoms with E-state index >= 15 is 0 Å². The van der Waals surface area contributed by atoms with Crippen LogP contribution in [-0.2, 0) is 0 Å². The fourth-order valence-corrected chi connectivity index (χ4v) is 2.33. The van der Waals surface area contributed by atoms with Gasteiger partial charge in [0.2, 0.25) is 0 Å². The molecule has 0 aliphatic rings. The lowest BCUT2D eigenvalue weighted by Gasteiger charge is -2.25. The summed E-state index contributed by atoms with van der Waals surface area (Å²) >= 11 is 0. The Hall–Kier alpha value is -2.69. The van der Waals surface area contributed by atoms with Crippen molar-refractivity contribution in [2.45, 2.75) is 13.8 Å². The SMILES string of the molecule is CCN(c1ccc([N+](=O)[O-])c(C=O)c1)c1ccccc1C. The number of hydrogen-bond acceptors (Lipinski definition) is 4. The summed E-state index contributed by atoms with van der Waals surface area (Å²) in [6.45, 7) is 4.69. The van der Waals surface area contributed by atoms with Crippen LogP contribution in [0.2, 0.25) is 0 Å². The molecule has 0 heterocycles. The second-order valence-corrected chi connectivity index (χ2v) is 4.65. The van der Waals surface area contributed by atoms with Gasteiger partial charge >= 0.3 is 0 Å². The molecule has 5 heteroatoms. The lowest BCUT2D eigenvalue weighted by molar-refractivity contribution is -0.385. The quantitative estimate of drug-likeness (QED) is 0.475. The Morgan fingerprint density at radius 3 is 2.52 bits per heavy atom. The van der Waals surface area contributed by atoms with Crippen LogP contribution < -0.4 is 4.90 Å². The number of nitro groups is 1. The van der Waals surface area contributed by atoms with Gasteiger partial charge in [0.05, 0.1) is 10.5 Å². The topological polar surface area (TPSA) is 63.4 Å². The van der Waals surface area contributed by atoms with Crippen molar-refractivity contribution in [3.8, 4) is 0 Å². The lowest BCUT2D eigenvalue weighted by Crippen LogP contribution is -2.17. The highest BCUT2D eigenvalue weighted by atomic mass is 16.6. The molecular weight excluding hydrogens is 268 g/mol. The fraction of sp³-hybridized carbons (Fsp3) is 0.188. The van der Waals surface area contributed by atoms with Gasteiger partial charge in [0.1, 0.15) is 0 Å². The molecule has 0 fully saturated rings. The van der Waals surface area contributed by atoms with Gasteiger partial charge in [-0.25, -0.2) is 0 Å². The number of para-hydroxylation sites is 1. The third-order valence-electron chi connectivity index (χ3n) is 3.37. The maximum absolute atomic E-state index is 11.1. The Morgan fingerprint density at radius 1 is 1.24 bits per heavy atom. The van der Waals surface area contributed by atoms with Crippen LogP contribution in [0.3, 0.4) is 0 Å². The largest absolute Gasteiger partial charge is 0.342 e. The number of aryl methyl sites for hydroxylation is 1. The van der Waals surface area contributed by atoms with Crippen molar-refractivity contribution < 1.29 is 9.72 Å². The van der Waals surface area contributed by atoms with E-state index in [1.54, 1.807) is 12.1 Å². The molecule has 0 radical (unpaired) electrons. The molecule has 2 rings (SSSR count). The molecule has 0 aromatic heterocycles. The first kappa shape index (κ1) is 14.7. The van der Waals surface area contributed by atoms with Crippen LogP contribution in [-0.4, -0.2) is 17.8 Å². The van der Waals surface area contributed by atoms with E-state index in [0.717, 1.165) is 16.9 Å². The highest BCUT2D eigenvalue weighted by molar-refractivity contribution is 5.84. The summed E-state index contributed by atoms with van der Waals surface area (Å²) in [5.41, 5.74) is 2.80. The van der Waals surface area contributed by atoms with Crippen LogP contribution in [0.15, 0.2) is 42.5 Å². The summed E-state index contributed by atoms with van der Waals surface area (Å²) in [6, 6.07) is 12.5. The van der Waals surface area contributed by atoms with Crippen LogP contribution in [0.25, 0.3) is 0 Å². The maximum Gasteiger partial charge on any atom is 0.280 e. The third kappa shape index (κ3) is 2.91. The molecule has 5 nitrogen and oxygen atoms in total. The summed E-state index contributed by atoms with van der Waals surface area (Å²) in [7, 11) is 0. The summed E-state index contributed by atoms with van der Waals surface area (Å²) < 4.78 is 0. The van der Waals surface area contributed by atoms with Crippen molar-refractivity contribution in [1.29, 1.82) is 0 Å². The summed E-state index contributed by atoms with van der Waals surface area (Å²) in [5.74, 6) is 0. The van der Waals surface area contributed by atoms with Crippen LogP contribution in [0.1, 0.15) is 22.8 Å². The van der Waals surface area contributed by atoms with E-state index in [9.17, 15) is 14.9 Å². The molecule has 2 aromatic carbocycles.